The van der Waals surface area contributed by atoms with E-state index in [2.05, 4.69) is 4.74 Å². The minimum absolute atomic E-state index is 0.0234. The van der Waals surface area contributed by atoms with Gasteiger partial charge < -0.3 is 15.2 Å². The lowest BCUT2D eigenvalue weighted by Gasteiger charge is -2.22. The van der Waals surface area contributed by atoms with Crippen molar-refractivity contribution >= 4 is 11.8 Å². The van der Waals surface area contributed by atoms with E-state index in [4.69, 9.17) is 10.5 Å². The number of allylic oxidation sites excluding steroid dienone is 1. The van der Waals surface area contributed by atoms with Crippen molar-refractivity contribution in [2.24, 2.45) is 5.73 Å². The summed E-state index contributed by atoms with van der Waals surface area (Å²) in [4.78, 5) is 0.720. The molecule has 0 heterocycles. The summed E-state index contributed by atoms with van der Waals surface area (Å²) >= 11 is 1.36. The van der Waals surface area contributed by atoms with Crippen LogP contribution in [0, 0.1) is 0 Å². The second-order valence-electron chi connectivity index (χ2n) is 6.40. The normalized spacial score (nSPS) is 13.7. The molecule has 0 spiro atoms. The zero-order valence-corrected chi connectivity index (χ0v) is 17.2. The van der Waals surface area contributed by atoms with E-state index in [1.54, 1.807) is 13.0 Å². The summed E-state index contributed by atoms with van der Waals surface area (Å²) in [5.74, 6) is 0.717. The molecule has 30 heavy (non-hydrogen) atoms. The monoisotopic (exact) mass is 447 g/mol. The Bertz CT molecular complexity index is 849. The lowest BCUT2D eigenvalue weighted by Crippen LogP contribution is -2.20. The highest BCUT2D eigenvalue weighted by atomic mass is 32.2. The molecule has 9 heteroatoms. The Morgan fingerprint density at radius 1 is 1.03 bits per heavy atom. The van der Waals surface area contributed by atoms with Gasteiger partial charge in [0.05, 0.1) is 5.56 Å². The van der Waals surface area contributed by atoms with Gasteiger partial charge in [-0.05, 0) is 43.2 Å². The molecule has 1 atom stereocenters. The maximum atomic E-state index is 12.7. The van der Waals surface area contributed by atoms with Crippen LogP contribution in [0.5, 0.6) is 11.5 Å². The predicted molar refractivity (Wildman–Crippen MR) is 107 cm³/mol. The van der Waals surface area contributed by atoms with Crippen LogP contribution in [0.4, 0.5) is 22.0 Å². The Kier molecular flexibility index (Phi) is 8.40. The van der Waals surface area contributed by atoms with Crippen molar-refractivity contribution < 1.29 is 31.4 Å². The summed E-state index contributed by atoms with van der Waals surface area (Å²) in [5.41, 5.74) is 6.52. The van der Waals surface area contributed by atoms with E-state index in [-0.39, 0.29) is 5.75 Å². The average molecular weight is 447 g/mol. The molecule has 0 bridgehead atoms. The van der Waals surface area contributed by atoms with Crippen molar-refractivity contribution in [2.75, 3.05) is 0 Å². The van der Waals surface area contributed by atoms with Crippen LogP contribution in [0.15, 0.2) is 59.1 Å². The smallest absolute Gasteiger partial charge is 0.416 e. The first-order chi connectivity index (χ1) is 14.1. The maximum Gasteiger partial charge on any atom is 0.416 e. The third kappa shape index (κ3) is 7.12. The molecule has 164 valence electrons. The average Bonchev–Trinajstić information content (AvgIpc) is 2.66. The molecule has 0 saturated heterocycles. The van der Waals surface area contributed by atoms with Gasteiger partial charge in [0.15, 0.2) is 0 Å². The number of thioether (sulfide) groups is 1. The fraction of sp³-hybridized carbons (Fsp3) is 0.333. The predicted octanol–water partition coefficient (Wildman–Crippen LogP) is 6.59. The topological polar surface area (TPSA) is 44.5 Å². The van der Waals surface area contributed by atoms with Gasteiger partial charge in [-0.15, -0.1) is 11.8 Å². The van der Waals surface area contributed by atoms with E-state index in [0.29, 0.717) is 29.2 Å². The van der Waals surface area contributed by atoms with Gasteiger partial charge in [0.2, 0.25) is 0 Å². The Labute approximate surface area is 176 Å². The number of benzene rings is 2. The largest absolute Gasteiger partial charge is 0.485 e. The van der Waals surface area contributed by atoms with Crippen molar-refractivity contribution in [3.63, 3.8) is 0 Å². The van der Waals surface area contributed by atoms with E-state index in [1.165, 1.54) is 42.1 Å². The molecule has 3 nitrogen and oxygen atoms in total. The van der Waals surface area contributed by atoms with E-state index >= 15 is 0 Å². The Morgan fingerprint density at radius 2 is 1.63 bits per heavy atom. The molecule has 2 aromatic carbocycles. The molecule has 1 unspecified atom stereocenters. The van der Waals surface area contributed by atoms with Crippen LogP contribution in [0.25, 0.3) is 0 Å². The number of halogens is 5. The fourth-order valence-electron chi connectivity index (χ4n) is 2.62. The molecule has 0 aliphatic heterocycles. The number of alkyl halides is 5. The van der Waals surface area contributed by atoms with Crippen LogP contribution in [0.3, 0.4) is 0 Å². The first-order valence-corrected chi connectivity index (χ1v) is 10.1. The molecule has 0 aliphatic carbocycles. The molecular formula is C21H22F5NO2S. The van der Waals surface area contributed by atoms with Crippen LogP contribution >= 0.6 is 11.8 Å². The van der Waals surface area contributed by atoms with E-state index in [1.807, 2.05) is 6.92 Å². The van der Waals surface area contributed by atoms with Gasteiger partial charge in [-0.1, -0.05) is 25.1 Å². The van der Waals surface area contributed by atoms with Gasteiger partial charge in [0, 0.05) is 22.4 Å². The molecule has 0 radical (unpaired) electrons. The zero-order chi connectivity index (χ0) is 22.3. The second-order valence-corrected chi connectivity index (χ2v) is 7.42. The number of nitrogens with two attached hydrogens (primary N) is 1. The molecule has 2 rings (SSSR count). The highest BCUT2D eigenvalue weighted by molar-refractivity contribution is 8.02. The Balaban J connectivity index is 2.09. The molecule has 2 aromatic rings. The highest BCUT2D eigenvalue weighted by Gasteiger charge is 2.30. The molecule has 0 aromatic heterocycles. The lowest BCUT2D eigenvalue weighted by atomic mass is 10.1. The van der Waals surface area contributed by atoms with Crippen LogP contribution in [-0.4, -0.2) is 12.7 Å². The van der Waals surface area contributed by atoms with Gasteiger partial charge >= 0.3 is 12.8 Å². The van der Waals surface area contributed by atoms with Gasteiger partial charge in [-0.25, -0.2) is 0 Å². The van der Waals surface area contributed by atoms with Crippen molar-refractivity contribution in [3.8, 4) is 11.5 Å². The van der Waals surface area contributed by atoms with E-state index < -0.39 is 24.5 Å². The van der Waals surface area contributed by atoms with Crippen molar-refractivity contribution in [1.29, 1.82) is 0 Å². The molecule has 0 amide bonds. The Hall–Kier alpha value is -2.42. The third-order valence-electron chi connectivity index (χ3n) is 4.04. The molecule has 0 saturated carbocycles. The fourth-order valence-corrected chi connectivity index (χ4v) is 3.76. The summed E-state index contributed by atoms with van der Waals surface area (Å²) in [6.45, 7) is 0.645. The van der Waals surface area contributed by atoms with Crippen LogP contribution in [-0.2, 0) is 11.9 Å². The number of hydrogen-bond acceptors (Lipinski definition) is 4. The van der Waals surface area contributed by atoms with Crippen molar-refractivity contribution in [3.05, 3.63) is 70.3 Å². The summed E-state index contributed by atoms with van der Waals surface area (Å²) < 4.78 is 73.2. The summed E-state index contributed by atoms with van der Waals surface area (Å²) in [5, 5.41) is 0. The van der Waals surface area contributed by atoms with Gasteiger partial charge in [0.25, 0.3) is 0 Å². The summed E-state index contributed by atoms with van der Waals surface area (Å²) in [6, 6.07) is 10.8. The molecular weight excluding hydrogens is 425 g/mol. The lowest BCUT2D eigenvalue weighted by molar-refractivity contribution is -0.137. The van der Waals surface area contributed by atoms with Gasteiger partial charge in [-0.3, -0.25) is 0 Å². The number of rotatable bonds is 9. The first kappa shape index (κ1) is 23.9. The van der Waals surface area contributed by atoms with Crippen molar-refractivity contribution in [1.82, 2.24) is 0 Å². The number of hydrogen-bond donors (Lipinski definition) is 1. The maximum absolute atomic E-state index is 12.7. The molecule has 0 fully saturated rings. The summed E-state index contributed by atoms with van der Waals surface area (Å²) in [6.07, 6.45) is -4.28. The van der Waals surface area contributed by atoms with Crippen LogP contribution in [0.2, 0.25) is 0 Å². The van der Waals surface area contributed by atoms with E-state index in [0.717, 1.165) is 17.0 Å². The quantitative estimate of drug-likeness (QED) is 0.441. The zero-order valence-electron chi connectivity index (χ0n) is 16.4. The molecule has 0 aliphatic rings. The van der Waals surface area contributed by atoms with Crippen LogP contribution < -0.4 is 15.2 Å². The minimum atomic E-state index is -4.38. The van der Waals surface area contributed by atoms with E-state index in [9.17, 15) is 22.0 Å². The van der Waals surface area contributed by atoms with Gasteiger partial charge in [-0.2, -0.15) is 22.0 Å². The minimum Gasteiger partial charge on any atom is -0.485 e. The highest BCUT2D eigenvalue weighted by Crippen LogP contribution is 2.33. The SMILES string of the molecule is CCC(Oc1cccc(OC(F)F)c1)/C(SCc1ccc(C(F)(F)F)cc1)=C(\C)N. The second kappa shape index (κ2) is 10.6. The third-order valence-corrected chi connectivity index (χ3v) is 5.41. The Morgan fingerprint density at radius 3 is 2.13 bits per heavy atom. The summed E-state index contributed by atoms with van der Waals surface area (Å²) in [7, 11) is 0. The number of ether oxygens (including phenoxy) is 2. The first-order valence-electron chi connectivity index (χ1n) is 9.06. The van der Waals surface area contributed by atoms with Crippen molar-refractivity contribution in [2.45, 2.75) is 44.9 Å². The van der Waals surface area contributed by atoms with Gasteiger partial charge in [0.1, 0.15) is 17.6 Å². The van der Waals surface area contributed by atoms with Crippen LogP contribution in [0.1, 0.15) is 31.4 Å². The molecule has 2 N–H and O–H groups in total. The standard InChI is InChI=1S/C21H22F5NO2S/c1-3-18(28-16-5-4-6-17(11-16)29-20(22)23)19(13(2)27)30-12-14-7-9-15(10-8-14)21(24,25)26/h4-11,18,20H,3,12,27H2,1-2H3/b19-13-.